The van der Waals surface area contributed by atoms with Gasteiger partial charge in [0.05, 0.1) is 12.0 Å². The van der Waals surface area contributed by atoms with Crippen LogP contribution in [0.4, 0.5) is 0 Å². The molecule has 0 aliphatic rings. The SMILES string of the molecule is CC(C#N)CNCC(C)(C)CN(C)C. The molecule has 0 rings (SSSR count). The molecule has 0 aliphatic carbocycles. The molecule has 1 unspecified atom stereocenters. The normalized spacial score (nSPS) is 14.1. The van der Waals surface area contributed by atoms with Crippen LogP contribution >= 0.6 is 0 Å². The van der Waals surface area contributed by atoms with Crippen molar-refractivity contribution in [1.29, 1.82) is 5.26 Å². The van der Waals surface area contributed by atoms with Crippen molar-refractivity contribution in [3.63, 3.8) is 0 Å². The number of rotatable bonds is 6. The summed E-state index contributed by atoms with van der Waals surface area (Å²) in [6, 6.07) is 2.22. The van der Waals surface area contributed by atoms with Gasteiger partial charge in [0.1, 0.15) is 0 Å². The van der Waals surface area contributed by atoms with E-state index in [1.165, 1.54) is 0 Å². The summed E-state index contributed by atoms with van der Waals surface area (Å²) < 4.78 is 0. The molecule has 0 aromatic rings. The Labute approximate surface area is 88.1 Å². The number of nitriles is 1. The van der Waals surface area contributed by atoms with Gasteiger partial charge in [-0.1, -0.05) is 13.8 Å². The molecular weight excluding hydrogens is 174 g/mol. The minimum Gasteiger partial charge on any atom is -0.315 e. The van der Waals surface area contributed by atoms with E-state index in [4.69, 9.17) is 5.26 Å². The van der Waals surface area contributed by atoms with Gasteiger partial charge in [-0.05, 0) is 26.4 Å². The maximum Gasteiger partial charge on any atom is 0.0666 e. The Morgan fingerprint density at radius 1 is 1.43 bits per heavy atom. The summed E-state index contributed by atoms with van der Waals surface area (Å²) >= 11 is 0. The van der Waals surface area contributed by atoms with Crippen molar-refractivity contribution in [3.05, 3.63) is 0 Å². The molecule has 14 heavy (non-hydrogen) atoms. The fourth-order valence-corrected chi connectivity index (χ4v) is 1.58. The third kappa shape index (κ3) is 6.88. The van der Waals surface area contributed by atoms with E-state index < -0.39 is 0 Å². The third-order valence-electron chi connectivity index (χ3n) is 2.02. The third-order valence-corrected chi connectivity index (χ3v) is 2.02. The first-order valence-corrected chi connectivity index (χ1v) is 5.12. The zero-order valence-electron chi connectivity index (χ0n) is 10.1. The van der Waals surface area contributed by atoms with Gasteiger partial charge in [0.15, 0.2) is 0 Å². The van der Waals surface area contributed by atoms with Crippen molar-refractivity contribution in [2.45, 2.75) is 20.8 Å². The highest BCUT2D eigenvalue weighted by molar-refractivity contribution is 4.82. The molecule has 0 radical (unpaired) electrons. The molecule has 3 heteroatoms. The molecule has 0 saturated heterocycles. The van der Waals surface area contributed by atoms with Gasteiger partial charge in [0.25, 0.3) is 0 Å². The van der Waals surface area contributed by atoms with Crippen LogP contribution in [0.3, 0.4) is 0 Å². The molecule has 1 atom stereocenters. The van der Waals surface area contributed by atoms with E-state index in [0.29, 0.717) is 0 Å². The van der Waals surface area contributed by atoms with Crippen molar-refractivity contribution in [3.8, 4) is 6.07 Å². The van der Waals surface area contributed by atoms with Crippen molar-refractivity contribution >= 4 is 0 Å². The lowest BCUT2D eigenvalue weighted by Crippen LogP contribution is -2.38. The topological polar surface area (TPSA) is 39.1 Å². The molecule has 0 heterocycles. The number of hydrogen-bond donors (Lipinski definition) is 1. The quantitative estimate of drug-likeness (QED) is 0.698. The Morgan fingerprint density at radius 3 is 2.43 bits per heavy atom. The Kier molecular flexibility index (Phi) is 5.75. The van der Waals surface area contributed by atoms with E-state index in [1.807, 2.05) is 6.92 Å². The lowest BCUT2D eigenvalue weighted by Gasteiger charge is -2.28. The van der Waals surface area contributed by atoms with Gasteiger partial charge < -0.3 is 10.2 Å². The summed E-state index contributed by atoms with van der Waals surface area (Å²) in [6.07, 6.45) is 0. The Hall–Kier alpha value is -0.590. The Morgan fingerprint density at radius 2 is 2.00 bits per heavy atom. The molecular formula is C11H23N3. The van der Waals surface area contributed by atoms with Gasteiger partial charge in [-0.15, -0.1) is 0 Å². The molecule has 0 amide bonds. The lowest BCUT2D eigenvalue weighted by molar-refractivity contribution is 0.231. The van der Waals surface area contributed by atoms with Crippen LogP contribution in [0.25, 0.3) is 0 Å². The maximum absolute atomic E-state index is 8.61. The van der Waals surface area contributed by atoms with Crippen LogP contribution < -0.4 is 5.32 Å². The molecule has 0 bridgehead atoms. The van der Waals surface area contributed by atoms with Gasteiger partial charge in [-0.25, -0.2) is 0 Å². The largest absolute Gasteiger partial charge is 0.315 e. The highest BCUT2D eigenvalue weighted by Gasteiger charge is 2.18. The summed E-state index contributed by atoms with van der Waals surface area (Å²) in [5.74, 6) is 0.102. The van der Waals surface area contributed by atoms with Crippen LogP contribution in [-0.2, 0) is 0 Å². The Balaban J connectivity index is 3.72. The number of nitrogens with one attached hydrogen (secondary N) is 1. The minimum atomic E-state index is 0.102. The Bertz CT molecular complexity index is 191. The zero-order valence-corrected chi connectivity index (χ0v) is 10.1. The second-order valence-electron chi connectivity index (χ2n) is 5.06. The average molecular weight is 197 g/mol. The second kappa shape index (κ2) is 6.00. The molecule has 82 valence electrons. The van der Waals surface area contributed by atoms with Crippen molar-refractivity contribution < 1.29 is 0 Å². The smallest absolute Gasteiger partial charge is 0.0666 e. The van der Waals surface area contributed by atoms with Crippen LogP contribution in [0.5, 0.6) is 0 Å². The highest BCUT2D eigenvalue weighted by atomic mass is 15.1. The first-order valence-electron chi connectivity index (χ1n) is 5.12. The van der Waals surface area contributed by atoms with E-state index in [9.17, 15) is 0 Å². The molecule has 0 aliphatic heterocycles. The van der Waals surface area contributed by atoms with Crippen LogP contribution in [0.15, 0.2) is 0 Å². The summed E-state index contributed by atoms with van der Waals surface area (Å²) in [5, 5.41) is 11.9. The number of hydrogen-bond acceptors (Lipinski definition) is 3. The van der Waals surface area contributed by atoms with Crippen molar-refractivity contribution in [2.75, 3.05) is 33.7 Å². The van der Waals surface area contributed by atoms with Crippen molar-refractivity contribution in [1.82, 2.24) is 10.2 Å². The molecule has 0 saturated carbocycles. The van der Waals surface area contributed by atoms with Gasteiger partial charge in [-0.3, -0.25) is 0 Å². The summed E-state index contributed by atoms with van der Waals surface area (Å²) in [5.41, 5.74) is 0.263. The molecule has 0 aromatic carbocycles. The average Bonchev–Trinajstić information content (AvgIpc) is 2.01. The number of nitrogens with zero attached hydrogens (tertiary/aromatic N) is 2. The summed E-state index contributed by atoms with van der Waals surface area (Å²) in [7, 11) is 4.17. The fraction of sp³-hybridized carbons (Fsp3) is 0.909. The van der Waals surface area contributed by atoms with E-state index in [0.717, 1.165) is 19.6 Å². The van der Waals surface area contributed by atoms with Gasteiger partial charge in [0.2, 0.25) is 0 Å². The van der Waals surface area contributed by atoms with E-state index in [-0.39, 0.29) is 11.3 Å². The summed E-state index contributed by atoms with van der Waals surface area (Å²) in [6.45, 7) is 9.20. The van der Waals surface area contributed by atoms with E-state index >= 15 is 0 Å². The maximum atomic E-state index is 8.61. The van der Waals surface area contributed by atoms with Crippen LogP contribution in [0.1, 0.15) is 20.8 Å². The van der Waals surface area contributed by atoms with Crippen molar-refractivity contribution in [2.24, 2.45) is 11.3 Å². The molecule has 1 N–H and O–H groups in total. The van der Waals surface area contributed by atoms with E-state index in [2.05, 4.69) is 44.2 Å². The molecule has 0 spiro atoms. The first-order chi connectivity index (χ1) is 6.37. The van der Waals surface area contributed by atoms with Crippen LogP contribution in [0, 0.1) is 22.7 Å². The standard InChI is InChI=1S/C11H23N3/c1-10(6-12)7-13-8-11(2,3)9-14(4)5/h10,13H,7-9H2,1-5H3. The first kappa shape index (κ1) is 13.4. The molecule has 0 fully saturated rings. The second-order valence-corrected chi connectivity index (χ2v) is 5.06. The fourth-order valence-electron chi connectivity index (χ4n) is 1.58. The monoisotopic (exact) mass is 197 g/mol. The van der Waals surface area contributed by atoms with Crippen LogP contribution in [-0.4, -0.2) is 38.6 Å². The molecule has 3 nitrogen and oxygen atoms in total. The summed E-state index contributed by atoms with van der Waals surface area (Å²) in [4.78, 5) is 2.19. The van der Waals surface area contributed by atoms with Gasteiger partial charge in [-0.2, -0.15) is 5.26 Å². The van der Waals surface area contributed by atoms with E-state index in [1.54, 1.807) is 0 Å². The predicted molar refractivity (Wildman–Crippen MR) is 60.0 cm³/mol. The van der Waals surface area contributed by atoms with Gasteiger partial charge in [0, 0.05) is 19.6 Å². The zero-order chi connectivity index (χ0) is 11.2. The minimum absolute atomic E-state index is 0.102. The van der Waals surface area contributed by atoms with Gasteiger partial charge >= 0.3 is 0 Å². The van der Waals surface area contributed by atoms with Crippen LogP contribution in [0.2, 0.25) is 0 Å². The predicted octanol–water partition coefficient (Wildman–Crippen LogP) is 1.32. The molecule has 0 aromatic heterocycles. The lowest BCUT2D eigenvalue weighted by atomic mass is 9.93. The highest BCUT2D eigenvalue weighted by Crippen LogP contribution is 2.14.